The SMILES string of the molecule is Cc1ccc(C)c(N(c2cc3c4c(c2)Oc2cc(-c5ccccc5)ccc2B4c2ccc(-c4ccccc4)cc2O3)c2cc([Si](C)(C)C)ccc2C)c1. The Morgan fingerprint density at radius 3 is 1.51 bits per heavy atom. The molecular weight excluding hydrogens is 661 g/mol. The molecule has 2 aliphatic heterocycles. The molecule has 0 saturated heterocycles. The van der Waals surface area contributed by atoms with E-state index in [1.807, 2.05) is 0 Å². The van der Waals surface area contributed by atoms with Gasteiger partial charge in [-0.2, -0.15) is 0 Å². The second kappa shape index (κ2) is 12.7. The molecule has 2 heterocycles. The smallest absolute Gasteiger partial charge is 0.260 e. The number of nitrogens with zero attached hydrogens (tertiary/aromatic N) is 1. The number of hydrogen-bond acceptors (Lipinski definition) is 3. The van der Waals surface area contributed by atoms with E-state index in [0.29, 0.717) is 0 Å². The molecule has 3 nitrogen and oxygen atoms in total. The standard InChI is InChI=1S/C48H42BNO2Si/c1-31-17-18-32(2)42(25-31)50(43-30-39(53(4,5)6)22-19-33(43)3)38-28-46-48-47(29-38)52-45-27-37(35-15-11-8-12-16-35)21-24-41(45)49(48)40-23-20-36(26-44(40)51-46)34-13-9-7-10-14-34/h7-30H,1-6H3. The van der Waals surface area contributed by atoms with Gasteiger partial charge in [0.1, 0.15) is 23.0 Å². The Morgan fingerprint density at radius 1 is 0.472 bits per heavy atom. The zero-order valence-corrected chi connectivity index (χ0v) is 32.2. The molecule has 0 aromatic heterocycles. The van der Waals surface area contributed by atoms with Gasteiger partial charge in [-0.25, -0.2) is 0 Å². The molecule has 0 N–H and O–H groups in total. The maximum Gasteiger partial charge on any atom is 0.260 e. The van der Waals surface area contributed by atoms with Crippen LogP contribution in [0.4, 0.5) is 17.1 Å². The van der Waals surface area contributed by atoms with Crippen LogP contribution in [0.15, 0.2) is 146 Å². The molecule has 0 bridgehead atoms. The van der Waals surface area contributed by atoms with Crippen molar-refractivity contribution in [3.05, 3.63) is 162 Å². The summed E-state index contributed by atoms with van der Waals surface area (Å²) in [5.41, 5.74) is 14.9. The highest BCUT2D eigenvalue weighted by Gasteiger charge is 2.41. The first-order valence-corrected chi connectivity index (χ1v) is 22.0. The van der Waals surface area contributed by atoms with Crippen molar-refractivity contribution >= 4 is 53.4 Å². The van der Waals surface area contributed by atoms with Gasteiger partial charge in [0.05, 0.1) is 13.8 Å². The summed E-state index contributed by atoms with van der Waals surface area (Å²) in [6.07, 6.45) is 0. The molecular formula is C48H42BNO2Si. The first kappa shape index (κ1) is 33.1. The molecule has 2 aliphatic rings. The topological polar surface area (TPSA) is 21.7 Å². The minimum Gasteiger partial charge on any atom is -0.458 e. The van der Waals surface area contributed by atoms with Gasteiger partial charge in [0.15, 0.2) is 0 Å². The van der Waals surface area contributed by atoms with Crippen LogP contribution in [-0.2, 0) is 0 Å². The molecule has 7 aromatic rings. The van der Waals surface area contributed by atoms with Crippen LogP contribution in [-0.4, -0.2) is 14.8 Å². The van der Waals surface area contributed by atoms with E-state index in [1.165, 1.54) is 27.6 Å². The molecule has 0 radical (unpaired) electrons. The molecule has 5 heteroatoms. The third kappa shape index (κ3) is 5.86. The summed E-state index contributed by atoms with van der Waals surface area (Å²) in [4.78, 5) is 2.42. The molecule has 0 spiro atoms. The third-order valence-electron chi connectivity index (χ3n) is 10.9. The van der Waals surface area contributed by atoms with Gasteiger partial charge in [0, 0.05) is 29.0 Å². The second-order valence-electron chi connectivity index (χ2n) is 15.6. The van der Waals surface area contributed by atoms with Gasteiger partial charge < -0.3 is 14.4 Å². The van der Waals surface area contributed by atoms with E-state index < -0.39 is 8.07 Å². The Bertz CT molecular complexity index is 2430. The van der Waals surface area contributed by atoms with Crippen molar-refractivity contribution in [1.29, 1.82) is 0 Å². The van der Waals surface area contributed by atoms with Crippen LogP contribution in [0.1, 0.15) is 16.7 Å². The molecule has 0 atom stereocenters. The van der Waals surface area contributed by atoms with Crippen molar-refractivity contribution in [3.63, 3.8) is 0 Å². The van der Waals surface area contributed by atoms with E-state index in [2.05, 4.69) is 191 Å². The van der Waals surface area contributed by atoms with Gasteiger partial charge in [-0.1, -0.05) is 134 Å². The molecule has 7 aromatic carbocycles. The lowest BCUT2D eigenvalue weighted by molar-refractivity contribution is 0.465. The van der Waals surface area contributed by atoms with Gasteiger partial charge in [-0.05, 0) is 94.9 Å². The van der Waals surface area contributed by atoms with Gasteiger partial charge in [0.2, 0.25) is 0 Å². The number of fused-ring (bicyclic) bond motifs is 4. The van der Waals surface area contributed by atoms with Crippen LogP contribution in [0, 0.1) is 20.8 Å². The lowest BCUT2D eigenvalue weighted by Crippen LogP contribution is -2.57. The lowest BCUT2D eigenvalue weighted by Gasteiger charge is -2.36. The largest absolute Gasteiger partial charge is 0.458 e. The minimum atomic E-state index is -1.62. The fourth-order valence-corrected chi connectivity index (χ4v) is 9.07. The Kier molecular flexibility index (Phi) is 7.94. The normalized spacial score (nSPS) is 12.6. The Morgan fingerprint density at radius 2 is 0.981 bits per heavy atom. The summed E-state index contributed by atoms with van der Waals surface area (Å²) in [7, 11) is -1.62. The molecule has 0 aliphatic carbocycles. The van der Waals surface area contributed by atoms with Gasteiger partial charge in [0.25, 0.3) is 6.71 Å². The maximum atomic E-state index is 7.02. The van der Waals surface area contributed by atoms with E-state index in [4.69, 9.17) is 9.47 Å². The van der Waals surface area contributed by atoms with E-state index in [9.17, 15) is 0 Å². The molecule has 0 saturated carbocycles. The summed E-state index contributed by atoms with van der Waals surface area (Å²) >= 11 is 0. The minimum absolute atomic E-state index is 0.0395. The van der Waals surface area contributed by atoms with Crippen molar-refractivity contribution in [2.24, 2.45) is 0 Å². The zero-order valence-electron chi connectivity index (χ0n) is 31.2. The molecule has 0 fully saturated rings. The van der Waals surface area contributed by atoms with E-state index in [-0.39, 0.29) is 6.71 Å². The maximum absolute atomic E-state index is 7.02. The number of ether oxygens (including phenoxy) is 2. The zero-order chi connectivity index (χ0) is 36.4. The van der Waals surface area contributed by atoms with Gasteiger partial charge in [-0.3, -0.25) is 0 Å². The van der Waals surface area contributed by atoms with Crippen LogP contribution >= 0.6 is 0 Å². The van der Waals surface area contributed by atoms with Crippen molar-refractivity contribution in [3.8, 4) is 45.3 Å². The van der Waals surface area contributed by atoms with Crippen molar-refractivity contribution in [2.75, 3.05) is 4.90 Å². The highest BCUT2D eigenvalue weighted by molar-refractivity contribution is 6.98. The first-order valence-electron chi connectivity index (χ1n) is 18.5. The predicted molar refractivity (Wildman–Crippen MR) is 227 cm³/mol. The van der Waals surface area contributed by atoms with Crippen LogP contribution in [0.5, 0.6) is 23.0 Å². The van der Waals surface area contributed by atoms with Crippen LogP contribution < -0.4 is 35.9 Å². The molecule has 0 amide bonds. The van der Waals surface area contributed by atoms with Crippen molar-refractivity contribution in [1.82, 2.24) is 0 Å². The summed E-state index contributed by atoms with van der Waals surface area (Å²) in [5.74, 6) is 3.41. The summed E-state index contributed by atoms with van der Waals surface area (Å²) in [5, 5.41) is 1.42. The molecule has 9 rings (SSSR count). The predicted octanol–water partition coefficient (Wildman–Crippen LogP) is 10.7. The fourth-order valence-electron chi connectivity index (χ4n) is 7.91. The monoisotopic (exact) mass is 703 g/mol. The summed E-state index contributed by atoms with van der Waals surface area (Å²) < 4.78 is 14.0. The van der Waals surface area contributed by atoms with Gasteiger partial charge in [-0.15, -0.1) is 0 Å². The fraction of sp³-hybridized carbons (Fsp3) is 0.125. The first-order chi connectivity index (χ1) is 25.6. The Hall–Kier alpha value is -5.78. The van der Waals surface area contributed by atoms with E-state index in [0.717, 1.165) is 73.0 Å². The van der Waals surface area contributed by atoms with E-state index >= 15 is 0 Å². The number of rotatable bonds is 6. The highest BCUT2D eigenvalue weighted by Crippen LogP contribution is 2.45. The third-order valence-corrected chi connectivity index (χ3v) is 12.9. The Labute approximate surface area is 314 Å². The average Bonchev–Trinajstić information content (AvgIpc) is 3.16. The number of benzene rings is 7. The summed E-state index contributed by atoms with van der Waals surface area (Å²) in [6.45, 7) is 13.8. The van der Waals surface area contributed by atoms with E-state index in [1.54, 1.807) is 0 Å². The number of anilines is 3. The van der Waals surface area contributed by atoms with Crippen LogP contribution in [0.2, 0.25) is 19.6 Å². The molecule has 53 heavy (non-hydrogen) atoms. The van der Waals surface area contributed by atoms with Gasteiger partial charge >= 0.3 is 0 Å². The lowest BCUT2D eigenvalue weighted by atomic mass is 9.34. The van der Waals surface area contributed by atoms with Crippen molar-refractivity contribution in [2.45, 2.75) is 40.4 Å². The van der Waals surface area contributed by atoms with Crippen LogP contribution in [0.3, 0.4) is 0 Å². The molecule has 0 unspecified atom stereocenters. The van der Waals surface area contributed by atoms with Crippen molar-refractivity contribution < 1.29 is 9.47 Å². The average molecular weight is 704 g/mol. The van der Waals surface area contributed by atoms with Crippen LogP contribution in [0.25, 0.3) is 22.3 Å². The molecule has 258 valence electrons. The highest BCUT2D eigenvalue weighted by atomic mass is 28.3. The number of aryl methyl sites for hydroxylation is 3. The quantitative estimate of drug-likeness (QED) is 0.161. The number of hydrogen-bond donors (Lipinski definition) is 0. The summed E-state index contributed by atoms with van der Waals surface area (Å²) in [6, 6.07) is 52.7. The Balaban J connectivity index is 1.28. The second-order valence-corrected chi connectivity index (χ2v) is 20.7.